The van der Waals surface area contributed by atoms with Crippen LogP contribution in [0.4, 0.5) is 29.2 Å². The third-order valence-corrected chi connectivity index (χ3v) is 5.94. The molecule has 31 heavy (non-hydrogen) atoms. The Hall–Kier alpha value is -3.11. The second-order valence-electron chi connectivity index (χ2n) is 7.98. The van der Waals surface area contributed by atoms with Gasteiger partial charge in [-0.25, -0.2) is 8.91 Å². The Kier molecular flexibility index (Phi) is 4.82. The highest BCUT2D eigenvalue weighted by Crippen LogP contribution is 2.40. The molecule has 1 aliphatic heterocycles. The molecule has 0 spiro atoms. The summed E-state index contributed by atoms with van der Waals surface area (Å²) in [4.78, 5) is 10.2. The van der Waals surface area contributed by atoms with Crippen molar-refractivity contribution in [1.82, 2.24) is 19.6 Å². The van der Waals surface area contributed by atoms with Gasteiger partial charge in [0.1, 0.15) is 0 Å². The maximum atomic E-state index is 14.2. The van der Waals surface area contributed by atoms with Gasteiger partial charge in [0.15, 0.2) is 23.8 Å². The van der Waals surface area contributed by atoms with Gasteiger partial charge < -0.3 is 15.0 Å². The van der Waals surface area contributed by atoms with Crippen molar-refractivity contribution < 1.29 is 22.3 Å². The monoisotopic (exact) mass is 436 g/mol. The minimum Gasteiger partial charge on any atom is -0.480 e. The number of nitrogens with zero attached hydrogens (tertiary/aromatic N) is 5. The number of alkyl halides is 3. The van der Waals surface area contributed by atoms with E-state index in [1.165, 1.54) is 16.8 Å². The Morgan fingerprint density at radius 1 is 1.16 bits per heavy atom. The molecule has 2 fully saturated rings. The van der Waals surface area contributed by atoms with Crippen molar-refractivity contribution in [3.05, 3.63) is 42.6 Å². The summed E-state index contributed by atoms with van der Waals surface area (Å²) in [6.45, 7) is 0.00129. The van der Waals surface area contributed by atoms with Crippen LogP contribution in [-0.4, -0.2) is 51.5 Å². The first-order valence-electron chi connectivity index (χ1n) is 10.0. The molecule has 3 aromatic rings. The molecular formula is C20H20F4N6O. The molecule has 2 aliphatic rings. The van der Waals surface area contributed by atoms with Gasteiger partial charge in [-0.1, -0.05) is 0 Å². The van der Waals surface area contributed by atoms with Gasteiger partial charge in [-0.05, 0) is 42.9 Å². The number of rotatable bonds is 5. The predicted molar refractivity (Wildman–Crippen MR) is 105 cm³/mol. The second-order valence-corrected chi connectivity index (χ2v) is 7.98. The number of hydrogen-bond donors (Lipinski definition) is 1. The third kappa shape index (κ3) is 3.96. The Balaban J connectivity index is 1.32. The van der Waals surface area contributed by atoms with E-state index in [-0.39, 0.29) is 35.1 Å². The number of piperidine rings is 1. The molecule has 1 N–H and O–H groups in total. The molecule has 0 radical (unpaired) electrons. The van der Waals surface area contributed by atoms with Crippen molar-refractivity contribution in [3.8, 4) is 5.75 Å². The molecule has 0 aromatic carbocycles. The molecule has 0 unspecified atom stereocenters. The smallest absolute Gasteiger partial charge is 0.422 e. The van der Waals surface area contributed by atoms with E-state index < -0.39 is 12.8 Å². The zero-order chi connectivity index (χ0) is 21.6. The van der Waals surface area contributed by atoms with Crippen LogP contribution in [0.2, 0.25) is 0 Å². The summed E-state index contributed by atoms with van der Waals surface area (Å²) in [5, 5.41) is 7.72. The van der Waals surface area contributed by atoms with Gasteiger partial charge >= 0.3 is 6.18 Å². The lowest BCUT2D eigenvalue weighted by molar-refractivity contribution is -0.153. The average molecular weight is 436 g/mol. The number of pyridine rings is 2. The average Bonchev–Trinajstić information content (AvgIpc) is 3.23. The van der Waals surface area contributed by atoms with Crippen molar-refractivity contribution in [3.63, 3.8) is 0 Å². The highest BCUT2D eigenvalue weighted by Gasteiger charge is 2.43. The van der Waals surface area contributed by atoms with E-state index in [0.29, 0.717) is 24.7 Å². The van der Waals surface area contributed by atoms with Gasteiger partial charge in [0.05, 0.1) is 11.9 Å². The SMILES string of the molecule is Fc1cnccc1N1C[C@H]2CC[C@@H](C1)[C@@H]2Nc1nc2c(OCC(F)(F)F)cccn2n1. The fraction of sp³-hybridized carbons (Fsp3) is 0.450. The molecule has 1 saturated heterocycles. The van der Waals surface area contributed by atoms with Crippen molar-refractivity contribution >= 4 is 17.3 Å². The maximum absolute atomic E-state index is 14.2. The van der Waals surface area contributed by atoms with Crippen molar-refractivity contribution in [1.29, 1.82) is 0 Å². The van der Waals surface area contributed by atoms with E-state index in [4.69, 9.17) is 4.74 Å². The Labute approximate surface area is 175 Å². The number of fused-ring (bicyclic) bond motifs is 3. The molecule has 5 rings (SSSR count). The first-order chi connectivity index (χ1) is 14.9. The van der Waals surface area contributed by atoms with Crippen LogP contribution < -0.4 is 15.0 Å². The zero-order valence-electron chi connectivity index (χ0n) is 16.4. The molecule has 11 heteroatoms. The summed E-state index contributed by atoms with van der Waals surface area (Å²) >= 11 is 0. The Morgan fingerprint density at radius 3 is 2.65 bits per heavy atom. The van der Waals surface area contributed by atoms with Crippen molar-refractivity contribution in [2.24, 2.45) is 11.8 Å². The van der Waals surface area contributed by atoms with Gasteiger partial charge in [-0.15, -0.1) is 5.10 Å². The van der Waals surface area contributed by atoms with Crippen LogP contribution in [0.15, 0.2) is 36.8 Å². The molecule has 3 aromatic heterocycles. The van der Waals surface area contributed by atoms with Gasteiger partial charge in [-0.3, -0.25) is 4.98 Å². The lowest BCUT2D eigenvalue weighted by atomic mass is 9.92. The van der Waals surface area contributed by atoms with Gasteiger partial charge in [0.2, 0.25) is 5.95 Å². The molecule has 0 amide bonds. The Morgan fingerprint density at radius 2 is 1.94 bits per heavy atom. The lowest BCUT2D eigenvalue weighted by Crippen LogP contribution is -2.48. The lowest BCUT2D eigenvalue weighted by Gasteiger charge is -2.39. The predicted octanol–water partition coefficient (Wildman–Crippen LogP) is 3.53. The van der Waals surface area contributed by atoms with Crippen LogP contribution in [0, 0.1) is 17.7 Å². The van der Waals surface area contributed by atoms with Crippen LogP contribution in [0.25, 0.3) is 5.65 Å². The third-order valence-electron chi connectivity index (χ3n) is 5.94. The first kappa shape index (κ1) is 19.8. The molecule has 164 valence electrons. The second kappa shape index (κ2) is 7.54. The first-order valence-corrected chi connectivity index (χ1v) is 10.0. The minimum atomic E-state index is -4.44. The summed E-state index contributed by atoms with van der Waals surface area (Å²) in [6.07, 6.45) is 1.98. The van der Waals surface area contributed by atoms with E-state index in [9.17, 15) is 17.6 Å². The molecule has 7 nitrogen and oxygen atoms in total. The van der Waals surface area contributed by atoms with Crippen LogP contribution in [0.1, 0.15) is 12.8 Å². The summed E-state index contributed by atoms with van der Waals surface area (Å²) in [5.74, 6) is 0.583. The van der Waals surface area contributed by atoms with Crippen LogP contribution >= 0.6 is 0 Å². The fourth-order valence-electron chi connectivity index (χ4n) is 4.64. The number of nitrogens with one attached hydrogen (secondary N) is 1. The standard InChI is InChI=1S/C20H20F4N6O/c21-14-8-25-6-5-15(14)29-9-12-3-4-13(10-29)17(12)26-19-27-18-16(31-11-20(22,23)24)2-1-7-30(18)28-19/h1-2,5-8,12-13,17H,3-4,9-11H2,(H,26,28)/t12-,13+,17-. The molecule has 3 atom stereocenters. The highest BCUT2D eigenvalue weighted by molar-refractivity contribution is 5.56. The van der Waals surface area contributed by atoms with Gasteiger partial charge in [-0.2, -0.15) is 18.2 Å². The van der Waals surface area contributed by atoms with E-state index in [1.54, 1.807) is 24.5 Å². The molecular weight excluding hydrogens is 416 g/mol. The normalized spacial score (nSPS) is 23.4. The molecule has 1 aliphatic carbocycles. The number of ether oxygens (including phenoxy) is 1. The minimum absolute atomic E-state index is 0.0197. The topological polar surface area (TPSA) is 67.6 Å². The zero-order valence-corrected chi connectivity index (χ0v) is 16.4. The van der Waals surface area contributed by atoms with E-state index in [2.05, 4.69) is 25.3 Å². The van der Waals surface area contributed by atoms with Crippen LogP contribution in [0.3, 0.4) is 0 Å². The van der Waals surface area contributed by atoms with Crippen molar-refractivity contribution in [2.75, 3.05) is 29.9 Å². The van der Waals surface area contributed by atoms with Gasteiger partial charge in [0, 0.05) is 31.5 Å². The molecule has 1 saturated carbocycles. The van der Waals surface area contributed by atoms with Crippen LogP contribution in [0.5, 0.6) is 5.75 Å². The number of hydrogen-bond acceptors (Lipinski definition) is 6. The van der Waals surface area contributed by atoms with Crippen LogP contribution in [-0.2, 0) is 0 Å². The number of halogens is 4. The molecule has 4 heterocycles. The van der Waals surface area contributed by atoms with E-state index >= 15 is 0 Å². The quantitative estimate of drug-likeness (QED) is 0.618. The Bertz CT molecular complexity index is 1070. The summed E-state index contributed by atoms with van der Waals surface area (Å²) in [6, 6.07) is 4.79. The maximum Gasteiger partial charge on any atom is 0.422 e. The molecule has 2 bridgehead atoms. The van der Waals surface area contributed by atoms with Crippen molar-refractivity contribution in [2.45, 2.75) is 25.1 Å². The van der Waals surface area contributed by atoms with E-state index in [0.717, 1.165) is 12.8 Å². The summed E-state index contributed by atoms with van der Waals surface area (Å²) in [5.41, 5.74) is 0.778. The fourth-order valence-corrected chi connectivity index (χ4v) is 4.64. The van der Waals surface area contributed by atoms with Gasteiger partial charge in [0.25, 0.3) is 0 Å². The largest absolute Gasteiger partial charge is 0.480 e. The highest BCUT2D eigenvalue weighted by atomic mass is 19.4. The number of anilines is 2. The summed E-state index contributed by atoms with van der Waals surface area (Å²) in [7, 11) is 0. The number of aromatic nitrogens is 4. The summed E-state index contributed by atoms with van der Waals surface area (Å²) < 4.78 is 58.0. The van der Waals surface area contributed by atoms with E-state index in [1.807, 2.05) is 0 Å².